The molecule has 1 aromatic heterocycles. The second-order valence-electron chi connectivity index (χ2n) is 5.09. The van der Waals surface area contributed by atoms with Crippen molar-refractivity contribution in [2.24, 2.45) is 5.73 Å². The van der Waals surface area contributed by atoms with Crippen molar-refractivity contribution in [2.45, 2.75) is 40.0 Å². The highest BCUT2D eigenvalue weighted by Crippen LogP contribution is 2.29. The van der Waals surface area contributed by atoms with Gasteiger partial charge in [0, 0.05) is 12.6 Å². The van der Waals surface area contributed by atoms with Gasteiger partial charge in [0.05, 0.1) is 24.8 Å². The minimum absolute atomic E-state index is 0.358. The van der Waals surface area contributed by atoms with Gasteiger partial charge in [-0.15, -0.1) is 0 Å². The van der Waals surface area contributed by atoms with Crippen molar-refractivity contribution >= 4 is 0 Å². The van der Waals surface area contributed by atoms with Gasteiger partial charge in [-0.1, -0.05) is 6.07 Å². The fraction of sp³-hybridized carbons (Fsp3) is 0.438. The summed E-state index contributed by atoms with van der Waals surface area (Å²) in [5.41, 5.74) is 7.72. The van der Waals surface area contributed by atoms with Gasteiger partial charge >= 0.3 is 0 Å². The molecule has 5 heteroatoms. The van der Waals surface area contributed by atoms with E-state index in [-0.39, 0.29) is 0 Å². The number of hydrogen-bond donors (Lipinski definition) is 1. The summed E-state index contributed by atoms with van der Waals surface area (Å²) in [4.78, 5) is 4.18. The van der Waals surface area contributed by atoms with E-state index in [1.165, 1.54) is 0 Å². The van der Waals surface area contributed by atoms with E-state index in [1.54, 1.807) is 0 Å². The maximum atomic E-state index is 5.90. The highest BCUT2D eigenvalue weighted by molar-refractivity contribution is 5.43. The number of ether oxygens (including phenoxy) is 2. The van der Waals surface area contributed by atoms with Gasteiger partial charge in [0.15, 0.2) is 11.5 Å². The van der Waals surface area contributed by atoms with Gasteiger partial charge in [-0.2, -0.15) is 0 Å². The van der Waals surface area contributed by atoms with Crippen molar-refractivity contribution in [2.75, 3.05) is 6.61 Å². The Hall–Kier alpha value is -2.01. The lowest BCUT2D eigenvalue weighted by molar-refractivity contribution is 0.261. The smallest absolute Gasteiger partial charge is 0.161 e. The molecule has 0 fully saturated rings. The van der Waals surface area contributed by atoms with Crippen LogP contribution in [0.15, 0.2) is 30.7 Å². The second-order valence-corrected chi connectivity index (χ2v) is 5.09. The Kier molecular flexibility index (Phi) is 5.22. The molecule has 0 bridgehead atoms. The molecule has 1 heterocycles. The van der Waals surface area contributed by atoms with Gasteiger partial charge < -0.3 is 19.8 Å². The van der Waals surface area contributed by atoms with Crippen LogP contribution in [-0.2, 0) is 13.2 Å². The monoisotopic (exact) mass is 289 g/mol. The number of hydrogen-bond acceptors (Lipinski definition) is 4. The van der Waals surface area contributed by atoms with Crippen LogP contribution in [0.25, 0.3) is 0 Å². The standard InChI is InChI=1S/C16H23N3O2/c1-4-20-16-7-13(8-17)5-6-15(16)21-10-14-9-18-11-19(14)12(2)3/h5-7,9,11-12H,4,8,10,17H2,1-3H3. The highest BCUT2D eigenvalue weighted by Gasteiger charge is 2.09. The first-order valence-electron chi connectivity index (χ1n) is 7.25. The van der Waals surface area contributed by atoms with Gasteiger partial charge in [-0.05, 0) is 38.5 Å². The van der Waals surface area contributed by atoms with E-state index in [4.69, 9.17) is 15.2 Å². The maximum Gasteiger partial charge on any atom is 0.161 e. The summed E-state index contributed by atoms with van der Waals surface area (Å²) in [5, 5.41) is 0. The summed E-state index contributed by atoms with van der Waals surface area (Å²) in [6.45, 7) is 7.72. The number of aromatic nitrogens is 2. The topological polar surface area (TPSA) is 62.3 Å². The average Bonchev–Trinajstić information content (AvgIpc) is 2.95. The van der Waals surface area contributed by atoms with E-state index in [0.29, 0.717) is 25.8 Å². The van der Waals surface area contributed by atoms with Crippen LogP contribution in [-0.4, -0.2) is 16.2 Å². The molecule has 0 spiro atoms. The molecule has 0 amide bonds. The molecule has 0 aliphatic rings. The first-order chi connectivity index (χ1) is 10.2. The Balaban J connectivity index is 2.13. The molecule has 114 valence electrons. The minimum atomic E-state index is 0.358. The fourth-order valence-corrected chi connectivity index (χ4v) is 2.13. The molecule has 0 aliphatic heterocycles. The first-order valence-corrected chi connectivity index (χ1v) is 7.25. The van der Waals surface area contributed by atoms with Crippen LogP contribution in [0.1, 0.15) is 38.1 Å². The molecule has 0 unspecified atom stereocenters. The number of nitrogens with two attached hydrogens (primary N) is 1. The highest BCUT2D eigenvalue weighted by atomic mass is 16.5. The third-order valence-electron chi connectivity index (χ3n) is 3.22. The fourth-order valence-electron chi connectivity index (χ4n) is 2.13. The van der Waals surface area contributed by atoms with Crippen LogP contribution in [0.5, 0.6) is 11.5 Å². The van der Waals surface area contributed by atoms with Crippen molar-refractivity contribution in [3.63, 3.8) is 0 Å². The largest absolute Gasteiger partial charge is 0.490 e. The molecule has 5 nitrogen and oxygen atoms in total. The quantitative estimate of drug-likeness (QED) is 0.851. The molecular weight excluding hydrogens is 266 g/mol. The zero-order valence-electron chi connectivity index (χ0n) is 12.9. The lowest BCUT2D eigenvalue weighted by atomic mass is 10.2. The maximum absolute atomic E-state index is 5.90. The van der Waals surface area contributed by atoms with E-state index < -0.39 is 0 Å². The van der Waals surface area contributed by atoms with Gasteiger partial charge in [0.1, 0.15) is 6.61 Å². The summed E-state index contributed by atoms with van der Waals surface area (Å²) in [6, 6.07) is 6.15. The predicted octanol–water partition coefficient (Wildman–Crippen LogP) is 2.90. The molecule has 2 aromatic rings. The third-order valence-corrected chi connectivity index (χ3v) is 3.22. The summed E-state index contributed by atoms with van der Waals surface area (Å²) in [6.07, 6.45) is 3.65. The van der Waals surface area contributed by atoms with Crippen LogP contribution < -0.4 is 15.2 Å². The third kappa shape index (κ3) is 3.76. The Labute approximate surface area is 125 Å². The Morgan fingerprint density at radius 3 is 2.71 bits per heavy atom. The number of imidazole rings is 1. The summed E-state index contributed by atoms with van der Waals surface area (Å²) >= 11 is 0. The van der Waals surface area contributed by atoms with E-state index >= 15 is 0 Å². The van der Waals surface area contributed by atoms with Gasteiger partial charge in [0.25, 0.3) is 0 Å². The zero-order chi connectivity index (χ0) is 15.2. The number of rotatable bonds is 7. The normalized spacial score (nSPS) is 10.9. The van der Waals surface area contributed by atoms with Gasteiger partial charge in [-0.3, -0.25) is 0 Å². The SMILES string of the molecule is CCOc1cc(CN)ccc1OCc1cncn1C(C)C. The van der Waals surface area contributed by atoms with Crippen LogP contribution in [0.2, 0.25) is 0 Å². The van der Waals surface area contributed by atoms with Crippen LogP contribution in [0.3, 0.4) is 0 Å². The van der Waals surface area contributed by atoms with Crippen molar-refractivity contribution in [1.82, 2.24) is 9.55 Å². The molecule has 0 atom stereocenters. The van der Waals surface area contributed by atoms with Gasteiger partial charge in [-0.25, -0.2) is 4.98 Å². The summed E-state index contributed by atoms with van der Waals surface area (Å²) in [7, 11) is 0. The van der Waals surface area contributed by atoms with Crippen molar-refractivity contribution < 1.29 is 9.47 Å². The summed E-state index contributed by atoms with van der Waals surface area (Å²) in [5.74, 6) is 1.46. The molecule has 2 rings (SSSR count). The zero-order valence-corrected chi connectivity index (χ0v) is 12.9. The molecule has 0 radical (unpaired) electrons. The summed E-state index contributed by atoms with van der Waals surface area (Å²) < 4.78 is 13.6. The van der Waals surface area contributed by atoms with E-state index in [9.17, 15) is 0 Å². The molecule has 21 heavy (non-hydrogen) atoms. The number of nitrogens with zero attached hydrogens (tertiary/aromatic N) is 2. The molecule has 0 aliphatic carbocycles. The van der Waals surface area contributed by atoms with Gasteiger partial charge in [0.2, 0.25) is 0 Å². The van der Waals surface area contributed by atoms with E-state index in [1.807, 2.05) is 37.6 Å². The van der Waals surface area contributed by atoms with E-state index in [0.717, 1.165) is 22.8 Å². The lowest BCUT2D eigenvalue weighted by Gasteiger charge is -2.15. The lowest BCUT2D eigenvalue weighted by Crippen LogP contribution is -2.08. The number of benzene rings is 1. The van der Waals surface area contributed by atoms with Crippen LogP contribution in [0.4, 0.5) is 0 Å². The predicted molar refractivity (Wildman–Crippen MR) is 82.4 cm³/mol. The van der Waals surface area contributed by atoms with Crippen molar-refractivity contribution in [1.29, 1.82) is 0 Å². The van der Waals surface area contributed by atoms with Crippen molar-refractivity contribution in [3.05, 3.63) is 42.0 Å². The molecule has 1 aromatic carbocycles. The van der Waals surface area contributed by atoms with Crippen LogP contribution >= 0.6 is 0 Å². The molecular formula is C16H23N3O2. The minimum Gasteiger partial charge on any atom is -0.490 e. The average molecular weight is 289 g/mol. The Morgan fingerprint density at radius 1 is 1.24 bits per heavy atom. The Bertz CT molecular complexity index is 579. The molecule has 0 saturated heterocycles. The molecule has 2 N–H and O–H groups in total. The first kappa shape index (κ1) is 15.4. The molecule has 0 saturated carbocycles. The van der Waals surface area contributed by atoms with Crippen LogP contribution in [0, 0.1) is 0 Å². The second kappa shape index (κ2) is 7.13. The Morgan fingerprint density at radius 2 is 2.05 bits per heavy atom. The van der Waals surface area contributed by atoms with E-state index in [2.05, 4.69) is 23.4 Å². The van der Waals surface area contributed by atoms with Crippen molar-refractivity contribution in [3.8, 4) is 11.5 Å².